The molecule has 0 aliphatic carbocycles. The zero-order valence-corrected chi connectivity index (χ0v) is 11.4. The van der Waals surface area contributed by atoms with E-state index >= 15 is 0 Å². The van der Waals surface area contributed by atoms with Gasteiger partial charge in [0, 0.05) is 12.0 Å². The summed E-state index contributed by atoms with van der Waals surface area (Å²) < 4.78 is 5.53. The third-order valence-corrected chi connectivity index (χ3v) is 3.74. The Labute approximate surface area is 110 Å². The van der Waals surface area contributed by atoms with Gasteiger partial charge < -0.3 is 15.2 Å². The number of aliphatic hydroxyl groups excluding tert-OH is 1. The predicted octanol–water partition coefficient (Wildman–Crippen LogP) is 1.50. The molecule has 1 aromatic rings. The predicted molar refractivity (Wildman–Crippen MR) is 68.7 cm³/mol. The van der Waals surface area contributed by atoms with Crippen LogP contribution in [0.15, 0.2) is 5.38 Å². The normalized spacial score (nSPS) is 20.1. The molecule has 0 aromatic carbocycles. The zero-order chi connectivity index (χ0) is 13.2. The molecule has 100 valence electrons. The molecule has 2 heterocycles. The quantitative estimate of drug-likeness (QED) is 0.869. The lowest BCUT2D eigenvalue weighted by molar-refractivity contribution is 0.0862. The molecule has 2 rings (SSSR count). The first kappa shape index (κ1) is 13.5. The van der Waals surface area contributed by atoms with E-state index in [0.717, 1.165) is 24.5 Å². The monoisotopic (exact) mass is 270 g/mol. The molecule has 2 N–H and O–H groups in total. The van der Waals surface area contributed by atoms with Crippen LogP contribution in [0.5, 0.6) is 0 Å². The van der Waals surface area contributed by atoms with E-state index in [1.807, 2.05) is 0 Å². The molecule has 1 aromatic heterocycles. The number of nitrogens with one attached hydrogen (secondary N) is 1. The van der Waals surface area contributed by atoms with E-state index in [0.29, 0.717) is 5.69 Å². The summed E-state index contributed by atoms with van der Waals surface area (Å²) in [5, 5.41) is 14.5. The van der Waals surface area contributed by atoms with E-state index in [4.69, 9.17) is 9.84 Å². The highest BCUT2D eigenvalue weighted by molar-refractivity contribution is 7.09. The molecule has 1 unspecified atom stereocenters. The maximum absolute atomic E-state index is 11.9. The van der Waals surface area contributed by atoms with Gasteiger partial charge in [-0.05, 0) is 26.7 Å². The van der Waals surface area contributed by atoms with Gasteiger partial charge in [-0.15, -0.1) is 11.3 Å². The van der Waals surface area contributed by atoms with Crippen LogP contribution in [0.2, 0.25) is 0 Å². The molecule has 1 aliphatic rings. The van der Waals surface area contributed by atoms with Crippen molar-refractivity contribution in [3.05, 3.63) is 16.1 Å². The molecule has 0 spiro atoms. The number of amides is 1. The largest absolute Gasteiger partial charge is 0.394 e. The number of aliphatic hydroxyl groups is 1. The van der Waals surface area contributed by atoms with Crippen molar-refractivity contribution in [2.45, 2.75) is 38.3 Å². The number of hydrogen-bond acceptors (Lipinski definition) is 5. The molecule has 18 heavy (non-hydrogen) atoms. The van der Waals surface area contributed by atoms with Crippen molar-refractivity contribution < 1.29 is 14.6 Å². The summed E-state index contributed by atoms with van der Waals surface area (Å²) in [4.78, 5) is 16.2. The molecule has 0 radical (unpaired) electrons. The van der Waals surface area contributed by atoms with Gasteiger partial charge in [0.25, 0.3) is 5.91 Å². The molecule has 6 heteroatoms. The minimum atomic E-state index is -0.634. The second-order valence-corrected chi connectivity index (χ2v) is 5.96. The van der Waals surface area contributed by atoms with Gasteiger partial charge in [0.15, 0.2) is 0 Å². The van der Waals surface area contributed by atoms with Crippen molar-refractivity contribution in [2.24, 2.45) is 0 Å². The van der Waals surface area contributed by atoms with Crippen molar-refractivity contribution in [1.29, 1.82) is 0 Å². The van der Waals surface area contributed by atoms with E-state index in [9.17, 15) is 4.79 Å². The fraction of sp³-hybridized carbons (Fsp3) is 0.667. The molecule has 1 fully saturated rings. The number of carbonyl (C=O) groups is 1. The van der Waals surface area contributed by atoms with E-state index < -0.39 is 5.54 Å². The minimum absolute atomic E-state index is 0.0439. The molecule has 0 saturated carbocycles. The highest BCUT2D eigenvalue weighted by Gasteiger charge is 2.25. The van der Waals surface area contributed by atoms with E-state index in [-0.39, 0.29) is 18.6 Å². The minimum Gasteiger partial charge on any atom is -0.394 e. The summed E-state index contributed by atoms with van der Waals surface area (Å²) in [6.07, 6.45) is 2.06. The summed E-state index contributed by atoms with van der Waals surface area (Å²) in [6.45, 7) is 4.18. The Morgan fingerprint density at radius 1 is 1.72 bits per heavy atom. The van der Waals surface area contributed by atoms with Gasteiger partial charge in [-0.1, -0.05) is 0 Å². The van der Waals surface area contributed by atoms with Gasteiger partial charge in [0.1, 0.15) is 16.8 Å². The standard InChI is InChI=1S/C12H18N2O3S/c1-12(2,7-15)14-10(16)8-6-18-11(13-8)9-4-3-5-17-9/h6,9,15H,3-5,7H2,1-2H3,(H,14,16). The van der Waals surface area contributed by atoms with Crippen molar-refractivity contribution in [2.75, 3.05) is 13.2 Å². The maximum Gasteiger partial charge on any atom is 0.271 e. The second-order valence-electron chi connectivity index (χ2n) is 5.07. The van der Waals surface area contributed by atoms with Crippen LogP contribution < -0.4 is 5.32 Å². The molecule has 1 aliphatic heterocycles. The summed E-state index contributed by atoms with van der Waals surface area (Å²) in [7, 11) is 0. The molecule has 0 bridgehead atoms. The number of hydrogen-bond donors (Lipinski definition) is 2. The Bertz CT molecular complexity index is 425. The van der Waals surface area contributed by atoms with Crippen LogP contribution in [-0.2, 0) is 4.74 Å². The van der Waals surface area contributed by atoms with E-state index in [1.165, 1.54) is 11.3 Å². The van der Waals surface area contributed by atoms with Crippen LogP contribution >= 0.6 is 11.3 Å². The average Bonchev–Trinajstić information content (AvgIpc) is 2.99. The first-order valence-corrected chi connectivity index (χ1v) is 6.90. The molecule has 5 nitrogen and oxygen atoms in total. The van der Waals surface area contributed by atoms with E-state index in [1.54, 1.807) is 19.2 Å². The van der Waals surface area contributed by atoms with Crippen LogP contribution in [0, 0.1) is 0 Å². The highest BCUT2D eigenvalue weighted by atomic mass is 32.1. The molecule has 1 saturated heterocycles. The van der Waals surface area contributed by atoms with Gasteiger partial charge in [0.05, 0.1) is 12.1 Å². The Morgan fingerprint density at radius 2 is 2.50 bits per heavy atom. The van der Waals surface area contributed by atoms with Gasteiger partial charge in [-0.3, -0.25) is 4.79 Å². The second kappa shape index (κ2) is 5.34. The fourth-order valence-corrected chi connectivity index (χ4v) is 2.60. The lowest BCUT2D eigenvalue weighted by Crippen LogP contribution is -2.46. The maximum atomic E-state index is 11.9. The van der Waals surface area contributed by atoms with Crippen molar-refractivity contribution >= 4 is 17.2 Å². The van der Waals surface area contributed by atoms with Crippen LogP contribution in [0.25, 0.3) is 0 Å². The van der Waals surface area contributed by atoms with Crippen molar-refractivity contribution in [1.82, 2.24) is 10.3 Å². The number of aromatic nitrogens is 1. The van der Waals surface area contributed by atoms with Gasteiger partial charge in [0.2, 0.25) is 0 Å². The highest BCUT2D eigenvalue weighted by Crippen LogP contribution is 2.30. The van der Waals surface area contributed by atoms with Crippen LogP contribution in [-0.4, -0.2) is 34.8 Å². The summed E-state index contributed by atoms with van der Waals surface area (Å²) in [5.41, 5.74) is -0.239. The van der Waals surface area contributed by atoms with Crippen molar-refractivity contribution in [3.8, 4) is 0 Å². The van der Waals surface area contributed by atoms with Gasteiger partial charge in [-0.25, -0.2) is 4.98 Å². The molecular weight excluding hydrogens is 252 g/mol. The topological polar surface area (TPSA) is 71.5 Å². The number of nitrogens with zero attached hydrogens (tertiary/aromatic N) is 1. The number of thiazole rings is 1. The van der Waals surface area contributed by atoms with E-state index in [2.05, 4.69) is 10.3 Å². The third kappa shape index (κ3) is 3.07. The lowest BCUT2D eigenvalue weighted by Gasteiger charge is -2.22. The Morgan fingerprint density at radius 3 is 3.11 bits per heavy atom. The number of ether oxygens (including phenoxy) is 1. The zero-order valence-electron chi connectivity index (χ0n) is 10.6. The number of carbonyl (C=O) groups excluding carboxylic acids is 1. The van der Waals surface area contributed by atoms with Crippen LogP contribution in [0.1, 0.15) is 48.3 Å². The van der Waals surface area contributed by atoms with Crippen LogP contribution in [0.3, 0.4) is 0 Å². The SMILES string of the molecule is CC(C)(CO)NC(=O)c1csc(C2CCCO2)n1. The first-order chi connectivity index (χ1) is 8.52. The summed E-state index contributed by atoms with van der Waals surface area (Å²) in [6, 6.07) is 0. The molecule has 1 atom stereocenters. The van der Waals surface area contributed by atoms with Gasteiger partial charge >= 0.3 is 0 Å². The molecular formula is C12H18N2O3S. The van der Waals surface area contributed by atoms with Crippen LogP contribution in [0.4, 0.5) is 0 Å². The molecule has 1 amide bonds. The first-order valence-electron chi connectivity index (χ1n) is 6.02. The Balaban J connectivity index is 2.03. The van der Waals surface area contributed by atoms with Gasteiger partial charge in [-0.2, -0.15) is 0 Å². The third-order valence-electron chi connectivity index (χ3n) is 2.81. The Hall–Kier alpha value is -0.980. The number of rotatable bonds is 4. The average molecular weight is 270 g/mol. The van der Waals surface area contributed by atoms with Crippen molar-refractivity contribution in [3.63, 3.8) is 0 Å². The summed E-state index contributed by atoms with van der Waals surface area (Å²) in [5.74, 6) is -0.255. The Kier molecular flexibility index (Phi) is 3.99. The lowest BCUT2D eigenvalue weighted by atomic mass is 10.1. The fourth-order valence-electron chi connectivity index (χ4n) is 1.72. The smallest absolute Gasteiger partial charge is 0.271 e. The summed E-state index contributed by atoms with van der Waals surface area (Å²) >= 11 is 1.45.